The third-order valence-electron chi connectivity index (χ3n) is 1.63. The number of carboxylic acids is 1. The second-order valence-electron chi connectivity index (χ2n) is 2.99. The smallest absolute Gasteiger partial charge is 0.321 e. The molecule has 4 nitrogen and oxygen atoms in total. The molecule has 0 aliphatic heterocycles. The molecular formula is C9H19NO3S. The zero-order chi connectivity index (χ0) is 10.8. The summed E-state index contributed by atoms with van der Waals surface area (Å²) in [5, 5.41) is 8.49. The van der Waals surface area contributed by atoms with E-state index in [-0.39, 0.29) is 0 Å². The molecule has 5 heteroatoms. The van der Waals surface area contributed by atoms with Crippen LogP contribution >= 0.6 is 11.8 Å². The van der Waals surface area contributed by atoms with Gasteiger partial charge < -0.3 is 15.6 Å². The normalized spacial score (nSPS) is 12.7. The first-order valence-electron chi connectivity index (χ1n) is 4.82. The molecule has 0 bridgehead atoms. The minimum atomic E-state index is -0.940. The van der Waals surface area contributed by atoms with E-state index >= 15 is 0 Å². The third kappa shape index (κ3) is 8.34. The summed E-state index contributed by atoms with van der Waals surface area (Å²) in [6, 6.07) is -0.754. The Balaban J connectivity index is 3.09. The van der Waals surface area contributed by atoms with Gasteiger partial charge in [-0.25, -0.2) is 0 Å². The SMILES string of the molecule is CCCCOCCSC[C@@H](N)C(=O)O. The lowest BCUT2D eigenvalue weighted by molar-refractivity contribution is -0.137. The lowest BCUT2D eigenvalue weighted by Gasteiger charge is -2.06. The summed E-state index contributed by atoms with van der Waals surface area (Å²) in [5.41, 5.74) is 5.32. The van der Waals surface area contributed by atoms with Crippen LogP contribution in [0.5, 0.6) is 0 Å². The average molecular weight is 221 g/mol. The summed E-state index contributed by atoms with van der Waals surface area (Å²) in [7, 11) is 0. The first-order valence-corrected chi connectivity index (χ1v) is 5.97. The van der Waals surface area contributed by atoms with Gasteiger partial charge in [-0.1, -0.05) is 13.3 Å². The molecule has 0 aliphatic rings. The van der Waals surface area contributed by atoms with Gasteiger partial charge >= 0.3 is 5.97 Å². The van der Waals surface area contributed by atoms with Crippen molar-refractivity contribution in [3.05, 3.63) is 0 Å². The zero-order valence-corrected chi connectivity index (χ0v) is 9.39. The van der Waals surface area contributed by atoms with Crippen LogP contribution in [0.3, 0.4) is 0 Å². The van der Waals surface area contributed by atoms with Crippen molar-refractivity contribution in [1.82, 2.24) is 0 Å². The molecule has 0 heterocycles. The van der Waals surface area contributed by atoms with E-state index in [2.05, 4.69) is 6.92 Å². The minimum Gasteiger partial charge on any atom is -0.480 e. The quantitative estimate of drug-likeness (QED) is 0.567. The standard InChI is InChI=1S/C9H19NO3S/c1-2-3-4-13-5-6-14-7-8(10)9(11)12/h8H,2-7,10H2,1H3,(H,11,12)/t8-/m1/s1. The number of hydrogen-bond donors (Lipinski definition) is 2. The fourth-order valence-electron chi connectivity index (χ4n) is 0.748. The average Bonchev–Trinajstić information content (AvgIpc) is 2.16. The molecule has 3 N–H and O–H groups in total. The van der Waals surface area contributed by atoms with Crippen LogP contribution in [0, 0.1) is 0 Å². The van der Waals surface area contributed by atoms with Gasteiger partial charge in [0, 0.05) is 18.1 Å². The molecule has 1 atom stereocenters. The molecule has 14 heavy (non-hydrogen) atoms. The molecule has 0 unspecified atom stereocenters. The van der Waals surface area contributed by atoms with Crippen LogP contribution < -0.4 is 5.73 Å². The topological polar surface area (TPSA) is 72.5 Å². The highest BCUT2D eigenvalue weighted by Crippen LogP contribution is 2.02. The van der Waals surface area contributed by atoms with Crippen LogP contribution in [0.4, 0.5) is 0 Å². The number of unbranched alkanes of at least 4 members (excludes halogenated alkanes) is 1. The maximum atomic E-state index is 10.3. The molecule has 0 aromatic carbocycles. The first kappa shape index (κ1) is 13.7. The summed E-state index contributed by atoms with van der Waals surface area (Å²) in [4.78, 5) is 10.3. The van der Waals surface area contributed by atoms with Gasteiger partial charge in [0.1, 0.15) is 6.04 Å². The van der Waals surface area contributed by atoms with Crippen molar-refractivity contribution in [2.24, 2.45) is 5.73 Å². The maximum absolute atomic E-state index is 10.3. The number of hydrogen-bond acceptors (Lipinski definition) is 4. The van der Waals surface area contributed by atoms with Crippen molar-refractivity contribution in [2.45, 2.75) is 25.8 Å². The number of aliphatic carboxylic acids is 1. The van der Waals surface area contributed by atoms with E-state index in [0.29, 0.717) is 12.4 Å². The van der Waals surface area contributed by atoms with Gasteiger partial charge in [0.25, 0.3) is 0 Å². The van der Waals surface area contributed by atoms with Gasteiger partial charge in [-0.3, -0.25) is 4.79 Å². The van der Waals surface area contributed by atoms with Crippen molar-refractivity contribution in [3.63, 3.8) is 0 Å². The van der Waals surface area contributed by atoms with E-state index in [4.69, 9.17) is 15.6 Å². The van der Waals surface area contributed by atoms with Gasteiger partial charge in [-0.05, 0) is 6.42 Å². The van der Waals surface area contributed by atoms with Crippen molar-refractivity contribution < 1.29 is 14.6 Å². The Morgan fingerprint density at radius 3 is 2.86 bits per heavy atom. The number of nitrogens with two attached hydrogens (primary N) is 1. The summed E-state index contributed by atoms with van der Waals surface area (Å²) in [6.07, 6.45) is 2.22. The lowest BCUT2D eigenvalue weighted by atomic mass is 10.4. The minimum absolute atomic E-state index is 0.451. The van der Waals surface area contributed by atoms with Crippen molar-refractivity contribution in [3.8, 4) is 0 Å². The predicted octanol–water partition coefficient (Wildman–Crippen LogP) is 0.948. The fourth-order valence-corrected chi connectivity index (χ4v) is 1.55. The molecular weight excluding hydrogens is 202 g/mol. The molecule has 84 valence electrons. The van der Waals surface area contributed by atoms with Crippen LogP contribution in [0.25, 0.3) is 0 Å². The van der Waals surface area contributed by atoms with Crippen LogP contribution in [0.1, 0.15) is 19.8 Å². The molecule has 0 saturated carbocycles. The molecule has 0 spiro atoms. The van der Waals surface area contributed by atoms with Gasteiger partial charge in [0.05, 0.1) is 6.61 Å². The highest BCUT2D eigenvalue weighted by Gasteiger charge is 2.10. The number of rotatable bonds is 9. The van der Waals surface area contributed by atoms with Gasteiger partial charge in [0.15, 0.2) is 0 Å². The van der Waals surface area contributed by atoms with Crippen LogP contribution in [0.15, 0.2) is 0 Å². The number of carbonyl (C=O) groups is 1. The molecule has 0 aromatic rings. The second-order valence-corrected chi connectivity index (χ2v) is 4.14. The Bertz CT molecular complexity index is 155. The van der Waals surface area contributed by atoms with Gasteiger partial charge in [-0.2, -0.15) is 11.8 Å². The molecule has 0 aromatic heterocycles. The number of thioether (sulfide) groups is 1. The van der Waals surface area contributed by atoms with E-state index in [1.54, 1.807) is 0 Å². The Hall–Kier alpha value is -0.260. The Kier molecular flexibility index (Phi) is 9.13. The van der Waals surface area contributed by atoms with Gasteiger partial charge in [0.2, 0.25) is 0 Å². The Morgan fingerprint density at radius 1 is 1.57 bits per heavy atom. The monoisotopic (exact) mass is 221 g/mol. The van der Waals surface area contributed by atoms with Crippen LogP contribution in [0.2, 0.25) is 0 Å². The van der Waals surface area contributed by atoms with Crippen molar-refractivity contribution in [2.75, 3.05) is 24.7 Å². The molecule has 0 fully saturated rings. The molecule has 0 rings (SSSR count). The number of carboxylic acid groups (broad SMARTS) is 1. The van der Waals surface area contributed by atoms with Crippen molar-refractivity contribution in [1.29, 1.82) is 0 Å². The summed E-state index contributed by atoms with van der Waals surface area (Å²) >= 11 is 1.52. The van der Waals surface area contributed by atoms with E-state index in [0.717, 1.165) is 25.2 Å². The highest BCUT2D eigenvalue weighted by molar-refractivity contribution is 7.99. The molecule has 0 aliphatic carbocycles. The van der Waals surface area contributed by atoms with Crippen LogP contribution in [-0.2, 0) is 9.53 Å². The van der Waals surface area contributed by atoms with E-state index in [1.807, 2.05) is 0 Å². The third-order valence-corrected chi connectivity index (χ3v) is 2.68. The van der Waals surface area contributed by atoms with E-state index < -0.39 is 12.0 Å². The van der Waals surface area contributed by atoms with Crippen LogP contribution in [-0.4, -0.2) is 41.8 Å². The first-order chi connectivity index (χ1) is 6.68. The zero-order valence-electron chi connectivity index (χ0n) is 8.57. The Labute approximate surface area is 89.2 Å². The predicted molar refractivity (Wildman–Crippen MR) is 58.7 cm³/mol. The lowest BCUT2D eigenvalue weighted by Crippen LogP contribution is -2.32. The summed E-state index contributed by atoms with van der Waals surface area (Å²) in [6.45, 7) is 3.59. The van der Waals surface area contributed by atoms with E-state index in [1.165, 1.54) is 11.8 Å². The largest absolute Gasteiger partial charge is 0.480 e. The Morgan fingerprint density at radius 2 is 2.29 bits per heavy atom. The van der Waals surface area contributed by atoms with Gasteiger partial charge in [-0.15, -0.1) is 0 Å². The molecule has 0 radical (unpaired) electrons. The second kappa shape index (κ2) is 9.30. The molecule has 0 saturated heterocycles. The highest BCUT2D eigenvalue weighted by atomic mass is 32.2. The number of ether oxygens (including phenoxy) is 1. The summed E-state index contributed by atoms with van der Waals surface area (Å²) in [5.74, 6) is 0.321. The summed E-state index contributed by atoms with van der Waals surface area (Å²) < 4.78 is 5.31. The van der Waals surface area contributed by atoms with E-state index in [9.17, 15) is 4.79 Å². The molecule has 0 amide bonds. The van der Waals surface area contributed by atoms with Crippen molar-refractivity contribution >= 4 is 17.7 Å². The fraction of sp³-hybridized carbons (Fsp3) is 0.889. The maximum Gasteiger partial charge on any atom is 0.321 e.